The molecule has 2 aromatic carbocycles. The summed E-state index contributed by atoms with van der Waals surface area (Å²) in [6, 6.07) is 10.3. The van der Waals surface area contributed by atoms with Crippen molar-refractivity contribution in [3.63, 3.8) is 0 Å². The van der Waals surface area contributed by atoms with E-state index >= 15 is 0 Å². The number of primary amides is 1. The number of nitrogens with two attached hydrogens (primary N) is 1. The zero-order valence-electron chi connectivity index (χ0n) is 18.3. The van der Waals surface area contributed by atoms with Gasteiger partial charge in [-0.05, 0) is 42.0 Å². The van der Waals surface area contributed by atoms with Crippen LogP contribution in [0.3, 0.4) is 0 Å². The molecule has 8 nitrogen and oxygen atoms in total. The van der Waals surface area contributed by atoms with Crippen molar-refractivity contribution < 1.29 is 32.3 Å². The summed E-state index contributed by atoms with van der Waals surface area (Å²) in [7, 11) is 0. The minimum absolute atomic E-state index is 0.0230. The summed E-state index contributed by atoms with van der Waals surface area (Å²) in [5.41, 5.74) is 6.72. The third kappa shape index (κ3) is 4.53. The molecule has 2 heterocycles. The van der Waals surface area contributed by atoms with E-state index in [9.17, 15) is 27.6 Å². The van der Waals surface area contributed by atoms with Gasteiger partial charge in [0.05, 0.1) is 17.2 Å². The third-order valence-electron chi connectivity index (χ3n) is 6.44. The van der Waals surface area contributed by atoms with Crippen molar-refractivity contribution >= 4 is 34.4 Å². The van der Waals surface area contributed by atoms with Crippen molar-refractivity contribution in [2.24, 2.45) is 17.6 Å². The summed E-state index contributed by atoms with van der Waals surface area (Å²) in [4.78, 5) is 39.6. The number of piperidine rings is 1. The number of aromatic nitrogens is 1. The lowest BCUT2D eigenvalue weighted by Crippen LogP contribution is -2.46. The van der Waals surface area contributed by atoms with Gasteiger partial charge in [-0.2, -0.15) is 0 Å². The van der Waals surface area contributed by atoms with Gasteiger partial charge in [0.25, 0.3) is 0 Å². The Kier molecular flexibility index (Phi) is 5.42. The Labute approximate surface area is 197 Å². The minimum Gasteiger partial charge on any atom is -0.406 e. The molecule has 3 aromatic rings. The predicted molar refractivity (Wildman–Crippen MR) is 120 cm³/mol. The van der Waals surface area contributed by atoms with Crippen molar-refractivity contribution in [2.75, 3.05) is 11.9 Å². The number of amides is 3. The lowest BCUT2D eigenvalue weighted by molar-refractivity contribution is -0.274. The molecule has 1 aliphatic carbocycles. The fourth-order valence-corrected chi connectivity index (χ4v) is 4.89. The highest BCUT2D eigenvalue weighted by molar-refractivity contribution is 6.05. The molecule has 0 bridgehead atoms. The summed E-state index contributed by atoms with van der Waals surface area (Å²) in [5, 5.41) is 3.41. The molecule has 1 aromatic heterocycles. The average molecular weight is 486 g/mol. The fourth-order valence-electron chi connectivity index (χ4n) is 4.89. The molecule has 35 heavy (non-hydrogen) atoms. The maximum atomic E-state index is 13.2. The molecule has 5 rings (SSSR count). The second-order valence-electron chi connectivity index (χ2n) is 8.79. The highest BCUT2D eigenvalue weighted by atomic mass is 19.4. The number of alkyl halides is 3. The highest BCUT2D eigenvalue weighted by Gasteiger charge is 2.56. The van der Waals surface area contributed by atoms with Crippen molar-refractivity contribution in [3.8, 4) is 5.75 Å². The van der Waals surface area contributed by atoms with Crippen LogP contribution in [0.5, 0.6) is 5.75 Å². The molecule has 3 amide bonds. The maximum absolute atomic E-state index is 13.2. The number of nitrogens with one attached hydrogen (secondary N) is 1. The molecule has 1 saturated carbocycles. The standard InChI is InChI=1S/C24H21F3N4O4/c25-24(26,27)35-15-5-3-4-13(8-15)9-20(32)21-17-10-14(17)11-31(21)23(34)29-18-12-30(22(28)33)19-7-2-1-6-16(18)19/h1-8,12,14,17,21H,9-11H2,(H2,28,33)(H,29,34)/t14?,17?,21-/m0/s1. The molecule has 182 valence electrons. The van der Waals surface area contributed by atoms with E-state index in [2.05, 4.69) is 10.1 Å². The normalized spacial score (nSPS) is 21.0. The number of para-hydroxylation sites is 1. The van der Waals surface area contributed by atoms with Gasteiger partial charge in [-0.15, -0.1) is 13.2 Å². The van der Waals surface area contributed by atoms with Gasteiger partial charge in [0.2, 0.25) is 0 Å². The molecule has 0 radical (unpaired) electrons. The molecular formula is C24H21F3N4O4. The van der Waals surface area contributed by atoms with Crippen LogP contribution in [-0.2, 0) is 11.2 Å². The van der Waals surface area contributed by atoms with Crippen LogP contribution in [0.25, 0.3) is 10.9 Å². The summed E-state index contributed by atoms with van der Waals surface area (Å²) in [5.74, 6) is -0.427. The Morgan fingerprint density at radius 2 is 1.89 bits per heavy atom. The summed E-state index contributed by atoms with van der Waals surface area (Å²) in [6.45, 7) is 0.401. The number of hydrogen-bond acceptors (Lipinski definition) is 4. The van der Waals surface area contributed by atoms with Crippen LogP contribution in [0.2, 0.25) is 0 Å². The number of benzene rings is 2. The number of anilines is 1. The van der Waals surface area contributed by atoms with Crippen molar-refractivity contribution in [1.82, 2.24) is 9.47 Å². The van der Waals surface area contributed by atoms with E-state index in [-0.39, 0.29) is 24.0 Å². The second-order valence-corrected chi connectivity index (χ2v) is 8.79. The minimum atomic E-state index is -4.83. The van der Waals surface area contributed by atoms with E-state index < -0.39 is 30.2 Å². The number of ketones is 1. The first-order valence-corrected chi connectivity index (χ1v) is 11.0. The first-order valence-electron chi connectivity index (χ1n) is 11.0. The first-order chi connectivity index (χ1) is 16.6. The molecule has 11 heteroatoms. The van der Waals surface area contributed by atoms with Crippen LogP contribution >= 0.6 is 0 Å². The van der Waals surface area contributed by atoms with Crippen molar-refractivity contribution in [3.05, 3.63) is 60.3 Å². The number of urea groups is 1. The quantitative estimate of drug-likeness (QED) is 0.566. The average Bonchev–Trinajstić information content (AvgIpc) is 3.28. The van der Waals surface area contributed by atoms with Crippen LogP contribution < -0.4 is 15.8 Å². The Morgan fingerprint density at radius 3 is 2.63 bits per heavy atom. The summed E-state index contributed by atoms with van der Waals surface area (Å²) >= 11 is 0. The first kappa shape index (κ1) is 22.8. The number of halogens is 3. The van der Waals surface area contributed by atoms with E-state index in [1.54, 1.807) is 30.3 Å². The summed E-state index contributed by atoms with van der Waals surface area (Å²) in [6.07, 6.45) is -2.71. The largest absolute Gasteiger partial charge is 0.573 e. The van der Waals surface area contributed by atoms with E-state index in [1.165, 1.54) is 27.8 Å². The second kappa shape index (κ2) is 8.33. The lowest BCUT2D eigenvalue weighted by Gasteiger charge is -2.26. The Balaban J connectivity index is 1.33. The van der Waals surface area contributed by atoms with Gasteiger partial charge in [-0.3, -0.25) is 9.36 Å². The molecule has 0 spiro atoms. The molecule has 2 unspecified atom stereocenters. The van der Waals surface area contributed by atoms with E-state index in [0.29, 0.717) is 28.7 Å². The zero-order valence-corrected chi connectivity index (χ0v) is 18.3. The topological polar surface area (TPSA) is 107 Å². The van der Waals surface area contributed by atoms with Gasteiger partial charge in [-0.25, -0.2) is 9.59 Å². The number of likely N-dealkylation sites (tertiary alicyclic amines) is 1. The molecule has 1 saturated heterocycles. The molecule has 1 aliphatic heterocycles. The van der Waals surface area contributed by atoms with Gasteiger partial charge in [0.1, 0.15) is 5.75 Å². The van der Waals surface area contributed by atoms with Crippen LogP contribution in [0, 0.1) is 11.8 Å². The van der Waals surface area contributed by atoms with Gasteiger partial charge in [0, 0.05) is 24.5 Å². The highest BCUT2D eigenvalue weighted by Crippen LogP contribution is 2.50. The molecular weight excluding hydrogens is 465 g/mol. The zero-order chi connectivity index (χ0) is 24.9. The third-order valence-corrected chi connectivity index (χ3v) is 6.44. The van der Waals surface area contributed by atoms with Crippen molar-refractivity contribution in [2.45, 2.75) is 25.2 Å². The fraction of sp³-hybridized carbons (Fsp3) is 0.292. The number of nitrogens with zero attached hydrogens (tertiary/aromatic N) is 2. The van der Waals surface area contributed by atoms with Crippen molar-refractivity contribution in [1.29, 1.82) is 0 Å². The number of hydrogen-bond donors (Lipinski definition) is 2. The monoisotopic (exact) mass is 486 g/mol. The molecule has 2 aliphatic rings. The summed E-state index contributed by atoms with van der Waals surface area (Å²) < 4.78 is 42.8. The van der Waals surface area contributed by atoms with Gasteiger partial charge < -0.3 is 20.7 Å². The van der Waals surface area contributed by atoms with Crippen LogP contribution in [-0.4, -0.2) is 46.3 Å². The number of fused-ring (bicyclic) bond motifs is 2. The Morgan fingerprint density at radius 1 is 1.11 bits per heavy atom. The van der Waals surface area contributed by atoms with Gasteiger partial charge in [-0.1, -0.05) is 30.3 Å². The van der Waals surface area contributed by atoms with Crippen LogP contribution in [0.15, 0.2) is 54.7 Å². The van der Waals surface area contributed by atoms with Gasteiger partial charge in [0.15, 0.2) is 5.78 Å². The van der Waals surface area contributed by atoms with E-state index in [4.69, 9.17) is 5.73 Å². The lowest BCUT2D eigenvalue weighted by atomic mass is 10.0. The Hall–Kier alpha value is -4.02. The van der Waals surface area contributed by atoms with E-state index in [0.717, 1.165) is 12.5 Å². The SMILES string of the molecule is NC(=O)n1cc(NC(=O)N2CC3CC3[C@H]2C(=O)Cc2cccc(OC(F)(F)F)c2)c2ccccc21. The maximum Gasteiger partial charge on any atom is 0.573 e. The molecule has 3 N–H and O–H groups in total. The Bertz CT molecular complexity index is 1340. The molecule has 3 atom stereocenters. The smallest absolute Gasteiger partial charge is 0.406 e. The van der Waals surface area contributed by atoms with Crippen LogP contribution in [0.4, 0.5) is 28.4 Å². The number of rotatable bonds is 5. The molecule has 2 fully saturated rings. The number of carbonyl (C=O) groups excluding carboxylic acids is 3. The van der Waals surface area contributed by atoms with Gasteiger partial charge >= 0.3 is 18.4 Å². The number of Topliss-reactive ketones (excluding diaryl/α,β-unsaturated/α-hetero) is 1. The van der Waals surface area contributed by atoms with Crippen LogP contribution in [0.1, 0.15) is 12.0 Å². The predicted octanol–water partition coefficient (Wildman–Crippen LogP) is 4.13. The van der Waals surface area contributed by atoms with E-state index in [1.807, 2.05) is 0 Å². The number of ether oxygens (including phenoxy) is 1. The number of carbonyl (C=O) groups is 3.